The highest BCUT2D eigenvalue weighted by atomic mass is 16.5. The molecule has 178 valence electrons. The van der Waals surface area contributed by atoms with Gasteiger partial charge >= 0.3 is 6.03 Å². The maximum Gasteiger partial charge on any atom is 0.321 e. The van der Waals surface area contributed by atoms with Crippen LogP contribution >= 0.6 is 0 Å². The molecule has 1 saturated heterocycles. The number of anilines is 2. The van der Waals surface area contributed by atoms with Gasteiger partial charge in [-0.2, -0.15) is 0 Å². The number of benzene rings is 2. The Morgan fingerprint density at radius 2 is 1.65 bits per heavy atom. The number of aromatic nitrogens is 2. The average Bonchev–Trinajstić information content (AvgIpc) is 2.89. The molecule has 0 bridgehead atoms. The summed E-state index contributed by atoms with van der Waals surface area (Å²) >= 11 is 0. The summed E-state index contributed by atoms with van der Waals surface area (Å²) in [6, 6.07) is 16.8. The summed E-state index contributed by atoms with van der Waals surface area (Å²) in [5.41, 5.74) is 2.39. The van der Waals surface area contributed by atoms with Crippen molar-refractivity contribution in [3.63, 3.8) is 0 Å². The van der Waals surface area contributed by atoms with Crippen molar-refractivity contribution < 1.29 is 19.0 Å². The van der Waals surface area contributed by atoms with E-state index in [1.54, 1.807) is 19.1 Å². The second kappa shape index (κ2) is 10.7. The van der Waals surface area contributed by atoms with Crippen molar-refractivity contribution in [1.82, 2.24) is 15.1 Å². The van der Waals surface area contributed by atoms with Crippen molar-refractivity contribution in [3.05, 3.63) is 54.6 Å². The van der Waals surface area contributed by atoms with Crippen molar-refractivity contribution in [2.75, 3.05) is 57.2 Å². The largest absolute Gasteiger partial charge is 0.494 e. The van der Waals surface area contributed by atoms with Crippen LogP contribution in [0.4, 0.5) is 16.3 Å². The van der Waals surface area contributed by atoms with E-state index in [9.17, 15) is 4.79 Å². The fraction of sp³-hybridized carbons (Fsp3) is 0.320. The van der Waals surface area contributed by atoms with Crippen molar-refractivity contribution >= 4 is 17.5 Å². The van der Waals surface area contributed by atoms with E-state index >= 15 is 0 Å². The van der Waals surface area contributed by atoms with Gasteiger partial charge in [-0.25, -0.2) is 4.79 Å². The van der Waals surface area contributed by atoms with Crippen LogP contribution in [0.1, 0.15) is 6.92 Å². The highest BCUT2D eigenvalue weighted by Crippen LogP contribution is 2.31. The summed E-state index contributed by atoms with van der Waals surface area (Å²) in [5.74, 6) is 2.88. The van der Waals surface area contributed by atoms with Crippen LogP contribution in [-0.2, 0) is 0 Å². The molecule has 4 rings (SSSR count). The summed E-state index contributed by atoms with van der Waals surface area (Å²) in [6.45, 7) is 5.11. The number of ether oxygens (including phenoxy) is 3. The van der Waals surface area contributed by atoms with E-state index in [4.69, 9.17) is 14.2 Å². The molecule has 0 radical (unpaired) electrons. The predicted molar refractivity (Wildman–Crippen MR) is 131 cm³/mol. The van der Waals surface area contributed by atoms with E-state index in [1.807, 2.05) is 61.5 Å². The molecule has 2 heterocycles. The lowest BCUT2D eigenvalue weighted by Gasteiger charge is -2.35. The number of carbonyl (C=O) groups is 1. The van der Waals surface area contributed by atoms with Crippen molar-refractivity contribution in [2.45, 2.75) is 6.92 Å². The Bertz CT molecular complexity index is 1100. The fourth-order valence-electron chi connectivity index (χ4n) is 3.79. The second-order valence-electron chi connectivity index (χ2n) is 7.71. The second-order valence-corrected chi connectivity index (χ2v) is 7.71. The van der Waals surface area contributed by atoms with Gasteiger partial charge in [-0.15, -0.1) is 10.2 Å². The minimum atomic E-state index is -0.112. The Labute approximate surface area is 199 Å². The third-order valence-electron chi connectivity index (χ3n) is 5.64. The first-order chi connectivity index (χ1) is 16.6. The quantitative estimate of drug-likeness (QED) is 0.568. The number of hydrogen-bond acceptors (Lipinski definition) is 7. The fourth-order valence-corrected chi connectivity index (χ4v) is 3.79. The van der Waals surface area contributed by atoms with Crippen LogP contribution in [-0.4, -0.2) is 68.1 Å². The zero-order valence-corrected chi connectivity index (χ0v) is 19.7. The van der Waals surface area contributed by atoms with Gasteiger partial charge in [0.1, 0.15) is 5.75 Å². The molecule has 2 aromatic carbocycles. The summed E-state index contributed by atoms with van der Waals surface area (Å²) in [4.78, 5) is 16.6. The molecule has 0 saturated carbocycles. The minimum Gasteiger partial charge on any atom is -0.494 e. The number of urea groups is 1. The molecule has 1 fully saturated rings. The predicted octanol–water partition coefficient (Wildman–Crippen LogP) is 3.91. The molecule has 34 heavy (non-hydrogen) atoms. The normalized spacial score (nSPS) is 13.4. The third kappa shape index (κ3) is 5.31. The molecule has 9 heteroatoms. The molecule has 1 aromatic heterocycles. The summed E-state index contributed by atoms with van der Waals surface area (Å²) < 4.78 is 16.1. The van der Waals surface area contributed by atoms with Crippen LogP contribution in [0, 0.1) is 0 Å². The lowest BCUT2D eigenvalue weighted by atomic mass is 10.1. The van der Waals surface area contributed by atoms with Crippen molar-refractivity contribution in [3.8, 4) is 28.5 Å². The van der Waals surface area contributed by atoms with Gasteiger partial charge in [0.15, 0.2) is 17.3 Å². The Kier molecular flexibility index (Phi) is 7.31. The van der Waals surface area contributed by atoms with E-state index in [1.165, 1.54) is 0 Å². The molecule has 1 N–H and O–H groups in total. The van der Waals surface area contributed by atoms with Gasteiger partial charge in [-0.05, 0) is 61.5 Å². The van der Waals surface area contributed by atoms with Crippen LogP contribution < -0.4 is 24.4 Å². The van der Waals surface area contributed by atoms with Crippen LogP contribution in [0.25, 0.3) is 11.3 Å². The Hall–Kier alpha value is -4.01. The first-order valence-electron chi connectivity index (χ1n) is 11.2. The zero-order valence-electron chi connectivity index (χ0n) is 19.7. The third-order valence-corrected chi connectivity index (χ3v) is 5.64. The smallest absolute Gasteiger partial charge is 0.321 e. The highest BCUT2D eigenvalue weighted by Gasteiger charge is 2.22. The van der Waals surface area contributed by atoms with E-state index in [0.29, 0.717) is 44.3 Å². The number of nitrogens with zero attached hydrogens (tertiary/aromatic N) is 4. The number of nitrogens with one attached hydrogen (secondary N) is 1. The van der Waals surface area contributed by atoms with Gasteiger partial charge in [-0.3, -0.25) is 0 Å². The minimum absolute atomic E-state index is 0.112. The molecular weight excluding hydrogens is 434 g/mol. The van der Waals surface area contributed by atoms with Crippen LogP contribution in [0.2, 0.25) is 0 Å². The number of rotatable bonds is 7. The molecule has 0 spiro atoms. The van der Waals surface area contributed by atoms with E-state index in [2.05, 4.69) is 20.4 Å². The molecule has 2 amide bonds. The number of hydrogen-bond donors (Lipinski definition) is 1. The van der Waals surface area contributed by atoms with Gasteiger partial charge in [0.05, 0.1) is 26.5 Å². The average molecular weight is 464 g/mol. The maximum atomic E-state index is 12.6. The summed E-state index contributed by atoms with van der Waals surface area (Å²) in [7, 11) is 3.21. The van der Waals surface area contributed by atoms with Gasteiger partial charge in [-0.1, -0.05) is 0 Å². The number of piperazine rings is 1. The molecular formula is C25H29N5O4. The first-order valence-corrected chi connectivity index (χ1v) is 11.2. The van der Waals surface area contributed by atoms with Crippen LogP contribution in [0.5, 0.6) is 17.2 Å². The Balaban J connectivity index is 1.33. The molecule has 0 aliphatic carbocycles. The molecule has 1 aliphatic heterocycles. The summed E-state index contributed by atoms with van der Waals surface area (Å²) in [6.07, 6.45) is 0. The lowest BCUT2D eigenvalue weighted by molar-refractivity contribution is 0.208. The monoisotopic (exact) mass is 463 g/mol. The first kappa shape index (κ1) is 23.2. The summed E-state index contributed by atoms with van der Waals surface area (Å²) in [5, 5.41) is 11.7. The maximum absolute atomic E-state index is 12.6. The Morgan fingerprint density at radius 1 is 0.912 bits per heavy atom. The molecule has 0 unspecified atom stereocenters. The van der Waals surface area contributed by atoms with Gasteiger partial charge in [0, 0.05) is 37.4 Å². The number of methoxy groups -OCH3 is 2. The van der Waals surface area contributed by atoms with E-state index in [0.717, 1.165) is 28.5 Å². The molecule has 0 atom stereocenters. The molecule has 9 nitrogen and oxygen atoms in total. The number of carbonyl (C=O) groups excluding carboxylic acids is 1. The van der Waals surface area contributed by atoms with Gasteiger partial charge < -0.3 is 29.3 Å². The zero-order chi connectivity index (χ0) is 23.9. The molecule has 1 aliphatic rings. The molecule has 3 aromatic rings. The van der Waals surface area contributed by atoms with Crippen LogP contribution in [0.3, 0.4) is 0 Å². The standard InChI is InChI=1S/C25H29N5O4/c1-4-34-20-8-6-19(7-9-20)26-25(31)30-15-13-29(14-16-30)24-12-10-21(27-28-24)18-5-11-22(32-2)23(17-18)33-3/h5-12,17H,4,13-16H2,1-3H3,(H,26,31). The van der Waals surface area contributed by atoms with E-state index < -0.39 is 0 Å². The highest BCUT2D eigenvalue weighted by molar-refractivity contribution is 5.89. The topological polar surface area (TPSA) is 89.1 Å². The van der Waals surface area contributed by atoms with Crippen molar-refractivity contribution in [1.29, 1.82) is 0 Å². The Morgan fingerprint density at radius 3 is 2.26 bits per heavy atom. The number of amides is 2. The van der Waals surface area contributed by atoms with Gasteiger partial charge in [0.25, 0.3) is 0 Å². The lowest BCUT2D eigenvalue weighted by Crippen LogP contribution is -2.50. The van der Waals surface area contributed by atoms with Gasteiger partial charge in [0.2, 0.25) is 0 Å². The SMILES string of the molecule is CCOc1ccc(NC(=O)N2CCN(c3ccc(-c4ccc(OC)c(OC)c4)nn3)CC2)cc1. The van der Waals surface area contributed by atoms with E-state index in [-0.39, 0.29) is 6.03 Å². The van der Waals surface area contributed by atoms with Crippen molar-refractivity contribution in [2.24, 2.45) is 0 Å². The van der Waals surface area contributed by atoms with Crippen LogP contribution in [0.15, 0.2) is 54.6 Å².